The molecular formula is C25H39N3. The van der Waals surface area contributed by atoms with E-state index in [4.69, 9.17) is 0 Å². The van der Waals surface area contributed by atoms with Crippen LogP contribution in [-0.2, 0) is 0 Å². The molecule has 0 spiro atoms. The van der Waals surface area contributed by atoms with Crippen molar-refractivity contribution in [3.05, 3.63) is 30.2 Å². The van der Waals surface area contributed by atoms with Gasteiger partial charge in [0.2, 0.25) is 0 Å². The molecule has 3 heteroatoms. The lowest BCUT2D eigenvalue weighted by atomic mass is 9.86. The van der Waals surface area contributed by atoms with Gasteiger partial charge in [0, 0.05) is 25.1 Å². The van der Waals surface area contributed by atoms with Gasteiger partial charge in [0.25, 0.3) is 0 Å². The minimum atomic E-state index is 0.721. The highest BCUT2D eigenvalue weighted by Gasteiger charge is 2.17. The lowest BCUT2D eigenvalue weighted by Crippen LogP contribution is -2.12. The van der Waals surface area contributed by atoms with Gasteiger partial charge < -0.3 is 9.72 Å². The second kappa shape index (κ2) is 10.3. The minimum Gasteiger partial charge on any atom is -0.382 e. The summed E-state index contributed by atoms with van der Waals surface area (Å²) in [4.78, 5) is 4.63. The molecule has 0 bridgehead atoms. The number of fused-ring (bicyclic) bond motifs is 1. The first-order valence-corrected chi connectivity index (χ1v) is 12.1. The van der Waals surface area contributed by atoms with Crippen LogP contribution in [-0.4, -0.2) is 15.9 Å². The van der Waals surface area contributed by atoms with Crippen LogP contribution in [0.2, 0.25) is 0 Å². The Morgan fingerprint density at radius 2 is 1.50 bits per heavy atom. The van der Waals surface area contributed by atoms with Crippen molar-refractivity contribution in [1.82, 2.24) is 9.38 Å². The van der Waals surface area contributed by atoms with Crippen LogP contribution >= 0.6 is 0 Å². The molecule has 4 rings (SSSR count). The SMILES string of the molecule is c1cn2cc(C3CCCCCCC3)cc(NCCC3CCCCCCC3)c2n1. The van der Waals surface area contributed by atoms with Crippen molar-refractivity contribution in [1.29, 1.82) is 0 Å². The largest absolute Gasteiger partial charge is 0.382 e. The first-order chi connectivity index (χ1) is 13.9. The van der Waals surface area contributed by atoms with Gasteiger partial charge in [-0.15, -0.1) is 0 Å². The minimum absolute atomic E-state index is 0.721. The normalized spacial score (nSPS) is 21.0. The summed E-state index contributed by atoms with van der Waals surface area (Å²) >= 11 is 0. The summed E-state index contributed by atoms with van der Waals surface area (Å²) in [5.74, 6) is 1.63. The molecule has 0 aliphatic heterocycles. The Labute approximate surface area is 171 Å². The molecule has 2 fully saturated rings. The zero-order chi connectivity index (χ0) is 19.0. The van der Waals surface area contributed by atoms with Crippen LogP contribution in [0.25, 0.3) is 5.65 Å². The average Bonchev–Trinajstić information content (AvgIpc) is 3.12. The molecule has 2 aliphatic rings. The van der Waals surface area contributed by atoms with Gasteiger partial charge in [0.05, 0.1) is 5.69 Å². The molecule has 0 radical (unpaired) electrons. The molecule has 0 aromatic carbocycles. The fraction of sp³-hybridized carbons (Fsp3) is 0.720. The predicted octanol–water partition coefficient (Wildman–Crippen LogP) is 7.32. The fourth-order valence-corrected chi connectivity index (χ4v) is 5.44. The molecule has 0 atom stereocenters. The summed E-state index contributed by atoms with van der Waals surface area (Å²) in [7, 11) is 0. The van der Waals surface area contributed by atoms with E-state index < -0.39 is 0 Å². The van der Waals surface area contributed by atoms with E-state index in [1.807, 2.05) is 6.20 Å². The van der Waals surface area contributed by atoms with Crippen LogP contribution < -0.4 is 5.32 Å². The smallest absolute Gasteiger partial charge is 0.160 e. The van der Waals surface area contributed by atoms with Gasteiger partial charge in [0.1, 0.15) is 0 Å². The van der Waals surface area contributed by atoms with E-state index in [9.17, 15) is 0 Å². The lowest BCUT2D eigenvalue weighted by molar-refractivity contribution is 0.365. The number of anilines is 1. The summed E-state index contributed by atoms with van der Waals surface area (Å²) in [5, 5.41) is 3.78. The maximum Gasteiger partial charge on any atom is 0.160 e. The highest BCUT2D eigenvalue weighted by atomic mass is 15.0. The Hall–Kier alpha value is -1.51. The van der Waals surface area contributed by atoms with Crippen LogP contribution in [0.3, 0.4) is 0 Å². The Morgan fingerprint density at radius 3 is 2.21 bits per heavy atom. The Morgan fingerprint density at radius 1 is 0.857 bits per heavy atom. The number of imidazole rings is 1. The zero-order valence-electron chi connectivity index (χ0n) is 17.7. The molecule has 28 heavy (non-hydrogen) atoms. The second-order valence-corrected chi connectivity index (χ2v) is 9.31. The summed E-state index contributed by atoms with van der Waals surface area (Å²) in [6.45, 7) is 1.08. The summed E-state index contributed by atoms with van der Waals surface area (Å²) in [6, 6.07) is 2.42. The highest BCUT2D eigenvalue weighted by Crippen LogP contribution is 2.33. The Bertz CT molecular complexity index is 704. The first kappa shape index (κ1) is 19.8. The second-order valence-electron chi connectivity index (χ2n) is 9.31. The van der Waals surface area contributed by atoms with E-state index in [2.05, 4.69) is 33.2 Å². The van der Waals surface area contributed by atoms with Crippen molar-refractivity contribution in [2.75, 3.05) is 11.9 Å². The third-order valence-electron chi connectivity index (χ3n) is 7.18. The van der Waals surface area contributed by atoms with Gasteiger partial charge in [-0.1, -0.05) is 77.0 Å². The zero-order valence-corrected chi connectivity index (χ0v) is 17.7. The molecule has 2 saturated carbocycles. The Balaban J connectivity index is 1.42. The standard InChI is InChI=1S/C25H39N3/c1-3-7-11-21(12-8-4-1)15-16-26-24-19-23(20-28-18-17-27-25(24)28)22-13-9-5-2-6-10-14-22/h17-22,26H,1-16H2. The van der Waals surface area contributed by atoms with Crippen molar-refractivity contribution in [2.45, 2.75) is 102 Å². The van der Waals surface area contributed by atoms with E-state index >= 15 is 0 Å². The molecule has 3 nitrogen and oxygen atoms in total. The van der Waals surface area contributed by atoms with Gasteiger partial charge in [-0.25, -0.2) is 4.98 Å². The van der Waals surface area contributed by atoms with Crippen molar-refractivity contribution in [3.63, 3.8) is 0 Å². The third-order valence-corrected chi connectivity index (χ3v) is 7.18. The van der Waals surface area contributed by atoms with Crippen LogP contribution in [0, 0.1) is 5.92 Å². The Kier molecular flexibility index (Phi) is 7.29. The van der Waals surface area contributed by atoms with E-state index in [1.165, 1.54) is 108 Å². The van der Waals surface area contributed by atoms with Crippen LogP contribution in [0.1, 0.15) is 108 Å². The topological polar surface area (TPSA) is 29.3 Å². The number of rotatable bonds is 5. The highest BCUT2D eigenvalue weighted by molar-refractivity contribution is 5.68. The molecule has 2 aromatic heterocycles. The molecule has 0 saturated heterocycles. The molecule has 154 valence electrons. The quantitative estimate of drug-likeness (QED) is 0.587. The van der Waals surface area contributed by atoms with Crippen molar-refractivity contribution in [3.8, 4) is 0 Å². The number of hydrogen-bond acceptors (Lipinski definition) is 2. The number of nitrogens with one attached hydrogen (secondary N) is 1. The molecule has 1 N–H and O–H groups in total. The summed E-state index contributed by atoms with van der Waals surface area (Å²) < 4.78 is 2.24. The molecule has 0 amide bonds. The maximum absolute atomic E-state index is 4.63. The summed E-state index contributed by atoms with van der Waals surface area (Å²) in [6.07, 6.45) is 27.5. The number of nitrogens with zero attached hydrogens (tertiary/aromatic N) is 2. The van der Waals surface area contributed by atoms with Gasteiger partial charge in [-0.2, -0.15) is 0 Å². The van der Waals surface area contributed by atoms with E-state index in [0.29, 0.717) is 0 Å². The van der Waals surface area contributed by atoms with Gasteiger partial charge in [-0.3, -0.25) is 0 Å². The van der Waals surface area contributed by atoms with Crippen LogP contribution in [0.4, 0.5) is 5.69 Å². The lowest BCUT2D eigenvalue weighted by Gasteiger charge is -2.22. The van der Waals surface area contributed by atoms with Gasteiger partial charge in [-0.05, 0) is 42.7 Å². The van der Waals surface area contributed by atoms with E-state index in [1.54, 1.807) is 0 Å². The fourth-order valence-electron chi connectivity index (χ4n) is 5.44. The van der Waals surface area contributed by atoms with Crippen LogP contribution in [0.15, 0.2) is 24.7 Å². The molecule has 2 aliphatic carbocycles. The average molecular weight is 382 g/mol. The van der Waals surface area contributed by atoms with Crippen molar-refractivity contribution in [2.24, 2.45) is 5.92 Å². The predicted molar refractivity (Wildman–Crippen MR) is 119 cm³/mol. The molecule has 2 aromatic rings. The number of hydrogen-bond donors (Lipinski definition) is 1. The molecule has 0 unspecified atom stereocenters. The van der Waals surface area contributed by atoms with Crippen LogP contribution in [0.5, 0.6) is 0 Å². The monoisotopic (exact) mass is 381 g/mol. The van der Waals surface area contributed by atoms with E-state index in [0.717, 1.165) is 24.0 Å². The summed E-state index contributed by atoms with van der Waals surface area (Å²) in [5.41, 5.74) is 3.85. The molecule has 2 heterocycles. The maximum atomic E-state index is 4.63. The number of pyridine rings is 1. The van der Waals surface area contributed by atoms with Gasteiger partial charge in [0.15, 0.2) is 5.65 Å². The van der Waals surface area contributed by atoms with Gasteiger partial charge >= 0.3 is 0 Å². The van der Waals surface area contributed by atoms with Crippen molar-refractivity contribution < 1.29 is 0 Å². The van der Waals surface area contributed by atoms with E-state index in [-0.39, 0.29) is 0 Å². The number of aromatic nitrogens is 2. The molecular weight excluding hydrogens is 342 g/mol. The third kappa shape index (κ3) is 5.30. The first-order valence-electron chi connectivity index (χ1n) is 12.1. The van der Waals surface area contributed by atoms with Crippen molar-refractivity contribution >= 4 is 11.3 Å².